The summed E-state index contributed by atoms with van der Waals surface area (Å²) >= 11 is 0. The SMILES string of the molecule is CCNC(=NCC(c1ccc(OC)cc1)N1CCOCC1)N1CCC(CC(=O)NC)CC1. The molecular formula is C24H39N5O3. The monoisotopic (exact) mass is 445 g/mol. The number of nitrogens with zero attached hydrogens (tertiary/aromatic N) is 3. The molecular weight excluding hydrogens is 406 g/mol. The molecule has 3 rings (SSSR count). The average Bonchev–Trinajstić information content (AvgIpc) is 2.85. The standard InChI is InChI=1S/C24H39N5O3/c1-4-26-24(29-11-9-19(10-12-29)17-23(30)25-2)27-18-22(28-13-15-32-16-14-28)20-5-7-21(31-3)8-6-20/h5-8,19,22H,4,9-18H2,1-3H3,(H,25,30)(H,26,27). The number of nitrogens with one attached hydrogen (secondary N) is 2. The van der Waals surface area contributed by atoms with Gasteiger partial charge in [0.2, 0.25) is 5.91 Å². The molecule has 8 nitrogen and oxygen atoms in total. The largest absolute Gasteiger partial charge is 0.497 e. The Kier molecular flexibility index (Phi) is 9.62. The van der Waals surface area contributed by atoms with Gasteiger partial charge in [0.15, 0.2) is 5.96 Å². The van der Waals surface area contributed by atoms with E-state index in [0.29, 0.717) is 18.9 Å². The fourth-order valence-corrected chi connectivity index (χ4v) is 4.46. The van der Waals surface area contributed by atoms with E-state index in [1.54, 1.807) is 14.2 Å². The molecule has 2 N–H and O–H groups in total. The summed E-state index contributed by atoms with van der Waals surface area (Å²) in [5.41, 5.74) is 1.25. The van der Waals surface area contributed by atoms with Crippen molar-refractivity contribution in [1.82, 2.24) is 20.4 Å². The van der Waals surface area contributed by atoms with Gasteiger partial charge in [-0.05, 0) is 43.4 Å². The van der Waals surface area contributed by atoms with Gasteiger partial charge < -0.3 is 25.0 Å². The maximum atomic E-state index is 11.7. The zero-order chi connectivity index (χ0) is 22.8. The molecule has 178 valence electrons. The summed E-state index contributed by atoms with van der Waals surface area (Å²) in [6.07, 6.45) is 2.65. The van der Waals surface area contributed by atoms with Gasteiger partial charge in [-0.2, -0.15) is 0 Å². The molecule has 1 amide bonds. The van der Waals surface area contributed by atoms with Crippen LogP contribution in [-0.2, 0) is 9.53 Å². The minimum absolute atomic E-state index is 0.136. The quantitative estimate of drug-likeness (QED) is 0.470. The van der Waals surface area contributed by atoms with Crippen LogP contribution >= 0.6 is 0 Å². The number of hydrogen-bond donors (Lipinski definition) is 2. The van der Waals surface area contributed by atoms with Gasteiger partial charge in [0.05, 0.1) is 32.9 Å². The van der Waals surface area contributed by atoms with Crippen molar-refractivity contribution in [1.29, 1.82) is 0 Å². The second kappa shape index (κ2) is 12.6. The molecule has 2 heterocycles. The highest BCUT2D eigenvalue weighted by Crippen LogP contribution is 2.25. The number of piperidine rings is 1. The lowest BCUT2D eigenvalue weighted by Gasteiger charge is -2.36. The van der Waals surface area contributed by atoms with E-state index in [9.17, 15) is 4.79 Å². The highest BCUT2D eigenvalue weighted by atomic mass is 16.5. The maximum absolute atomic E-state index is 11.7. The molecule has 0 spiro atoms. The number of likely N-dealkylation sites (tertiary alicyclic amines) is 1. The third kappa shape index (κ3) is 6.84. The Balaban J connectivity index is 1.69. The molecule has 0 bridgehead atoms. The third-order valence-corrected chi connectivity index (χ3v) is 6.40. The number of amides is 1. The first-order valence-electron chi connectivity index (χ1n) is 11.8. The van der Waals surface area contributed by atoms with E-state index in [1.807, 2.05) is 12.1 Å². The summed E-state index contributed by atoms with van der Waals surface area (Å²) in [7, 11) is 3.40. The molecule has 32 heavy (non-hydrogen) atoms. The van der Waals surface area contributed by atoms with E-state index in [1.165, 1.54) is 5.56 Å². The van der Waals surface area contributed by atoms with E-state index in [4.69, 9.17) is 14.5 Å². The van der Waals surface area contributed by atoms with Crippen LogP contribution < -0.4 is 15.4 Å². The molecule has 1 atom stereocenters. The number of rotatable bonds is 8. The highest BCUT2D eigenvalue weighted by molar-refractivity contribution is 5.80. The van der Waals surface area contributed by atoms with Crippen LogP contribution in [0.25, 0.3) is 0 Å². The average molecular weight is 446 g/mol. The second-order valence-corrected chi connectivity index (χ2v) is 8.44. The smallest absolute Gasteiger partial charge is 0.220 e. The van der Waals surface area contributed by atoms with Gasteiger partial charge in [0, 0.05) is 46.2 Å². The minimum atomic E-state index is 0.136. The summed E-state index contributed by atoms with van der Waals surface area (Å²) in [4.78, 5) is 21.6. The molecule has 0 aromatic heterocycles. The number of carbonyl (C=O) groups is 1. The van der Waals surface area contributed by atoms with Gasteiger partial charge in [-0.1, -0.05) is 12.1 Å². The van der Waals surface area contributed by atoms with Crippen LogP contribution in [0.1, 0.15) is 37.8 Å². The van der Waals surface area contributed by atoms with Gasteiger partial charge in [-0.15, -0.1) is 0 Å². The Labute approximate surface area is 192 Å². The molecule has 0 radical (unpaired) electrons. The summed E-state index contributed by atoms with van der Waals surface area (Å²) in [5, 5.41) is 6.22. The van der Waals surface area contributed by atoms with E-state index in [0.717, 1.165) is 70.5 Å². The Morgan fingerprint density at radius 2 is 1.88 bits per heavy atom. The van der Waals surface area contributed by atoms with Crippen molar-refractivity contribution in [2.75, 3.05) is 66.6 Å². The molecule has 8 heteroatoms. The zero-order valence-electron chi connectivity index (χ0n) is 19.8. The molecule has 1 aromatic rings. The molecule has 0 aliphatic carbocycles. The van der Waals surface area contributed by atoms with Crippen molar-refractivity contribution < 1.29 is 14.3 Å². The number of benzene rings is 1. The molecule has 1 unspecified atom stereocenters. The fraction of sp³-hybridized carbons (Fsp3) is 0.667. The number of guanidine groups is 1. The van der Waals surface area contributed by atoms with Gasteiger partial charge in [0.25, 0.3) is 0 Å². The van der Waals surface area contributed by atoms with E-state index in [2.05, 4.69) is 39.5 Å². The van der Waals surface area contributed by atoms with Crippen LogP contribution in [0.4, 0.5) is 0 Å². The molecule has 2 saturated heterocycles. The van der Waals surface area contributed by atoms with E-state index < -0.39 is 0 Å². The third-order valence-electron chi connectivity index (χ3n) is 6.40. The normalized spacial score (nSPS) is 19.5. The zero-order valence-corrected chi connectivity index (χ0v) is 19.8. The molecule has 1 aromatic carbocycles. The Morgan fingerprint density at radius 3 is 2.47 bits per heavy atom. The van der Waals surface area contributed by atoms with E-state index in [-0.39, 0.29) is 11.9 Å². The lowest BCUT2D eigenvalue weighted by molar-refractivity contribution is -0.121. The summed E-state index contributed by atoms with van der Waals surface area (Å²) in [5.74, 6) is 2.43. The number of hydrogen-bond acceptors (Lipinski definition) is 5. The first kappa shape index (κ1) is 24.3. The van der Waals surface area contributed by atoms with Crippen molar-refractivity contribution in [3.8, 4) is 5.75 Å². The maximum Gasteiger partial charge on any atom is 0.220 e. The predicted molar refractivity (Wildman–Crippen MR) is 127 cm³/mol. The van der Waals surface area contributed by atoms with E-state index >= 15 is 0 Å². The first-order chi connectivity index (χ1) is 15.6. The summed E-state index contributed by atoms with van der Waals surface area (Å²) < 4.78 is 10.9. The number of methoxy groups -OCH3 is 1. The summed E-state index contributed by atoms with van der Waals surface area (Å²) in [6, 6.07) is 8.53. The molecule has 2 aliphatic rings. The fourth-order valence-electron chi connectivity index (χ4n) is 4.46. The van der Waals surface area contributed by atoms with Crippen LogP contribution in [0.5, 0.6) is 5.75 Å². The van der Waals surface area contributed by atoms with Crippen LogP contribution in [0.15, 0.2) is 29.3 Å². The van der Waals surface area contributed by atoms with Crippen LogP contribution in [0.3, 0.4) is 0 Å². The summed E-state index contributed by atoms with van der Waals surface area (Å²) in [6.45, 7) is 8.83. The van der Waals surface area contributed by atoms with Crippen molar-refractivity contribution in [3.63, 3.8) is 0 Å². The number of ether oxygens (including phenoxy) is 2. The van der Waals surface area contributed by atoms with Gasteiger partial charge in [0.1, 0.15) is 5.75 Å². The minimum Gasteiger partial charge on any atom is -0.497 e. The number of aliphatic imine (C=N–C) groups is 1. The van der Waals surface area contributed by atoms with Crippen molar-refractivity contribution in [2.24, 2.45) is 10.9 Å². The molecule has 0 saturated carbocycles. The molecule has 2 fully saturated rings. The lowest BCUT2D eigenvalue weighted by atomic mass is 9.93. The first-order valence-corrected chi connectivity index (χ1v) is 11.8. The van der Waals surface area contributed by atoms with Gasteiger partial charge >= 0.3 is 0 Å². The predicted octanol–water partition coefficient (Wildman–Crippen LogP) is 1.88. The van der Waals surface area contributed by atoms with Crippen molar-refractivity contribution in [3.05, 3.63) is 29.8 Å². The van der Waals surface area contributed by atoms with Gasteiger partial charge in [-0.3, -0.25) is 14.7 Å². The van der Waals surface area contributed by atoms with Crippen LogP contribution in [0.2, 0.25) is 0 Å². The van der Waals surface area contributed by atoms with Crippen LogP contribution in [0, 0.1) is 5.92 Å². The Hall–Kier alpha value is -2.32. The second-order valence-electron chi connectivity index (χ2n) is 8.44. The lowest BCUT2D eigenvalue weighted by Crippen LogP contribution is -2.46. The highest BCUT2D eigenvalue weighted by Gasteiger charge is 2.25. The van der Waals surface area contributed by atoms with Gasteiger partial charge in [-0.25, -0.2) is 0 Å². The van der Waals surface area contributed by atoms with Crippen LogP contribution in [-0.4, -0.2) is 88.3 Å². The Morgan fingerprint density at radius 1 is 1.19 bits per heavy atom. The number of carbonyl (C=O) groups excluding carboxylic acids is 1. The Bertz CT molecular complexity index is 726. The molecule has 2 aliphatic heterocycles. The topological polar surface area (TPSA) is 78.4 Å². The van der Waals surface area contributed by atoms with Crippen molar-refractivity contribution >= 4 is 11.9 Å². The number of morpholine rings is 1. The van der Waals surface area contributed by atoms with Crippen molar-refractivity contribution in [2.45, 2.75) is 32.2 Å².